The maximum atomic E-state index is 12.2. The molecule has 0 radical (unpaired) electrons. The molecule has 7 heteroatoms. The lowest BCUT2D eigenvalue weighted by molar-refractivity contribution is 0.251. The van der Waals surface area contributed by atoms with Gasteiger partial charge in [-0.05, 0) is 31.2 Å². The molecule has 0 bridgehead atoms. The number of furan rings is 1. The number of hydrogen-bond donors (Lipinski definition) is 1. The highest BCUT2D eigenvalue weighted by Crippen LogP contribution is 2.35. The van der Waals surface area contributed by atoms with Crippen molar-refractivity contribution in [3.63, 3.8) is 0 Å². The summed E-state index contributed by atoms with van der Waals surface area (Å²) in [6.45, 7) is 3.15. The van der Waals surface area contributed by atoms with E-state index in [1.807, 2.05) is 19.1 Å². The van der Waals surface area contributed by atoms with E-state index in [0.717, 1.165) is 29.2 Å². The van der Waals surface area contributed by atoms with Gasteiger partial charge >= 0.3 is 0 Å². The Morgan fingerprint density at radius 3 is 2.84 bits per heavy atom. The second-order valence-electron chi connectivity index (χ2n) is 5.95. The number of halogens is 2. The lowest BCUT2D eigenvalue weighted by Gasteiger charge is -2.11. The van der Waals surface area contributed by atoms with Crippen molar-refractivity contribution in [2.45, 2.75) is 44.0 Å². The zero-order valence-electron chi connectivity index (χ0n) is 14.2. The Kier molecular flexibility index (Phi) is 5.86. The van der Waals surface area contributed by atoms with Crippen LogP contribution in [0.15, 0.2) is 28.7 Å². The minimum atomic E-state index is -2.39. The van der Waals surface area contributed by atoms with Crippen LogP contribution in [0.25, 0.3) is 0 Å². The third kappa shape index (κ3) is 4.67. The Labute approximate surface area is 149 Å². The van der Waals surface area contributed by atoms with Gasteiger partial charge in [0.1, 0.15) is 29.1 Å². The number of nitrogens with one attached hydrogen (secondary N) is 1. The first-order valence-electron chi connectivity index (χ1n) is 8.09. The van der Waals surface area contributed by atoms with Crippen LogP contribution in [0, 0.1) is 0 Å². The molecule has 0 aliphatic carbocycles. The van der Waals surface area contributed by atoms with Crippen molar-refractivity contribution in [2.75, 3.05) is 7.11 Å². The van der Waals surface area contributed by atoms with Gasteiger partial charge in [0, 0.05) is 24.1 Å². The van der Waals surface area contributed by atoms with E-state index in [2.05, 4.69) is 5.32 Å². The second-order valence-corrected chi connectivity index (χ2v) is 6.93. The number of fused-ring (bicyclic) bond motifs is 1. The molecule has 1 N–H and O–H groups in total. The fraction of sp³-hybridized carbons (Fsp3) is 0.444. The largest absolute Gasteiger partial charge is 0.496 e. The first-order chi connectivity index (χ1) is 12.0. The molecule has 3 rings (SSSR count). The molecule has 0 saturated heterocycles. The Balaban J connectivity index is 1.56. The summed E-state index contributed by atoms with van der Waals surface area (Å²) >= 11 is 0.557. The molecule has 0 spiro atoms. The number of thioether (sulfide) groups is 1. The number of hydrogen-bond acceptors (Lipinski definition) is 5. The molecular weight excluding hydrogens is 348 g/mol. The molecule has 25 heavy (non-hydrogen) atoms. The van der Waals surface area contributed by atoms with Crippen LogP contribution in [-0.4, -0.2) is 19.0 Å². The zero-order valence-corrected chi connectivity index (χ0v) is 15.0. The number of alkyl halides is 2. The van der Waals surface area contributed by atoms with E-state index in [1.54, 1.807) is 19.2 Å². The smallest absolute Gasteiger partial charge is 0.284 e. The van der Waals surface area contributed by atoms with Crippen molar-refractivity contribution in [1.82, 2.24) is 5.32 Å². The average Bonchev–Trinajstić information content (AvgIpc) is 3.17. The summed E-state index contributed by atoms with van der Waals surface area (Å²) in [6.07, 6.45) is 1.08. The van der Waals surface area contributed by atoms with Gasteiger partial charge in [-0.1, -0.05) is 11.8 Å². The third-order valence-corrected chi connectivity index (χ3v) is 4.69. The molecule has 0 saturated carbocycles. The number of ether oxygens (including phenoxy) is 2. The Hall–Kier alpha value is -1.73. The van der Waals surface area contributed by atoms with Crippen molar-refractivity contribution in [1.29, 1.82) is 0 Å². The fourth-order valence-corrected chi connectivity index (χ4v) is 3.32. The van der Waals surface area contributed by atoms with Gasteiger partial charge in [0.15, 0.2) is 0 Å². The lowest BCUT2D eigenvalue weighted by Crippen LogP contribution is -2.13. The predicted molar refractivity (Wildman–Crippen MR) is 93.3 cm³/mol. The average molecular weight is 369 g/mol. The first kappa shape index (κ1) is 18.1. The summed E-state index contributed by atoms with van der Waals surface area (Å²) in [5, 5.41) is 3.29. The van der Waals surface area contributed by atoms with Gasteiger partial charge in [0.05, 0.1) is 19.4 Å². The summed E-state index contributed by atoms with van der Waals surface area (Å²) in [5.74, 6) is 0.802. The molecule has 2 aromatic rings. The zero-order chi connectivity index (χ0) is 17.8. The van der Waals surface area contributed by atoms with E-state index in [0.29, 0.717) is 30.6 Å². The van der Waals surface area contributed by atoms with Crippen molar-refractivity contribution in [3.8, 4) is 11.5 Å². The molecule has 1 aliphatic rings. The monoisotopic (exact) mass is 369 g/mol. The standard InChI is InChI=1S/C18H21F2NO3S/c1-11-5-12-6-16(22-2)13(7-17(12)23-11)8-21-9-14-3-4-15(24-14)10-25-18(19)20/h3-4,6-7,11,18,21H,5,8-10H2,1-2H3. The molecule has 0 fully saturated rings. The highest BCUT2D eigenvalue weighted by Gasteiger charge is 2.21. The molecule has 1 atom stereocenters. The minimum absolute atomic E-state index is 0.172. The quantitative estimate of drug-likeness (QED) is 0.749. The van der Waals surface area contributed by atoms with Gasteiger partial charge in [-0.3, -0.25) is 0 Å². The van der Waals surface area contributed by atoms with Gasteiger partial charge in [-0.15, -0.1) is 0 Å². The molecule has 2 heterocycles. The molecule has 1 unspecified atom stereocenters. The van der Waals surface area contributed by atoms with Crippen molar-refractivity contribution >= 4 is 11.8 Å². The Bertz CT molecular complexity index is 720. The van der Waals surface area contributed by atoms with Crippen molar-refractivity contribution < 1.29 is 22.7 Å². The van der Waals surface area contributed by atoms with Gasteiger partial charge in [-0.25, -0.2) is 0 Å². The van der Waals surface area contributed by atoms with Crippen molar-refractivity contribution in [2.24, 2.45) is 0 Å². The van der Waals surface area contributed by atoms with Gasteiger partial charge in [0.25, 0.3) is 5.76 Å². The Morgan fingerprint density at radius 1 is 1.28 bits per heavy atom. The number of methoxy groups -OCH3 is 1. The summed E-state index contributed by atoms with van der Waals surface area (Å²) in [6, 6.07) is 7.58. The molecule has 1 aromatic carbocycles. The van der Waals surface area contributed by atoms with Crippen LogP contribution in [0.4, 0.5) is 8.78 Å². The van der Waals surface area contributed by atoms with Crippen LogP contribution in [0.1, 0.15) is 29.6 Å². The maximum absolute atomic E-state index is 12.2. The molecule has 4 nitrogen and oxygen atoms in total. The van der Waals surface area contributed by atoms with E-state index in [4.69, 9.17) is 13.9 Å². The van der Waals surface area contributed by atoms with E-state index < -0.39 is 5.76 Å². The summed E-state index contributed by atoms with van der Waals surface area (Å²) in [5.41, 5.74) is 2.18. The van der Waals surface area contributed by atoms with Gasteiger partial charge < -0.3 is 19.2 Å². The van der Waals surface area contributed by atoms with E-state index in [9.17, 15) is 8.78 Å². The second kappa shape index (κ2) is 8.10. The third-order valence-electron chi connectivity index (χ3n) is 3.98. The number of benzene rings is 1. The fourth-order valence-electron chi connectivity index (χ4n) is 2.87. The normalized spacial score (nSPS) is 16.1. The number of rotatable bonds is 8. The van der Waals surface area contributed by atoms with Gasteiger partial charge in [0.2, 0.25) is 0 Å². The van der Waals surface area contributed by atoms with Gasteiger partial charge in [-0.2, -0.15) is 8.78 Å². The van der Waals surface area contributed by atoms with Crippen LogP contribution in [-0.2, 0) is 25.3 Å². The SMILES string of the molecule is COc1cc2c(cc1CNCc1ccc(CSC(F)F)o1)OC(C)C2. The first-order valence-corrected chi connectivity index (χ1v) is 9.14. The van der Waals surface area contributed by atoms with Crippen LogP contribution in [0.5, 0.6) is 11.5 Å². The van der Waals surface area contributed by atoms with Crippen molar-refractivity contribution in [3.05, 3.63) is 46.9 Å². The molecule has 0 amide bonds. The van der Waals surface area contributed by atoms with Crippen LogP contribution >= 0.6 is 11.8 Å². The van der Waals surface area contributed by atoms with E-state index >= 15 is 0 Å². The van der Waals surface area contributed by atoms with Crippen LogP contribution < -0.4 is 14.8 Å². The molecular formula is C18H21F2NO3S. The molecule has 1 aliphatic heterocycles. The van der Waals surface area contributed by atoms with E-state index in [1.165, 1.54) is 5.56 Å². The Morgan fingerprint density at radius 2 is 2.08 bits per heavy atom. The summed E-state index contributed by atoms with van der Waals surface area (Å²) < 4.78 is 41.2. The molecule has 136 valence electrons. The lowest BCUT2D eigenvalue weighted by atomic mass is 10.1. The topological polar surface area (TPSA) is 43.6 Å². The summed E-state index contributed by atoms with van der Waals surface area (Å²) in [7, 11) is 1.66. The maximum Gasteiger partial charge on any atom is 0.284 e. The summed E-state index contributed by atoms with van der Waals surface area (Å²) in [4.78, 5) is 0. The predicted octanol–water partition coefficient (Wildman–Crippen LogP) is 4.36. The van der Waals surface area contributed by atoms with Crippen LogP contribution in [0.3, 0.4) is 0 Å². The molecule has 1 aromatic heterocycles. The van der Waals surface area contributed by atoms with Crippen LogP contribution in [0.2, 0.25) is 0 Å². The minimum Gasteiger partial charge on any atom is -0.496 e. The highest BCUT2D eigenvalue weighted by molar-refractivity contribution is 7.98. The van der Waals surface area contributed by atoms with E-state index in [-0.39, 0.29) is 11.9 Å². The highest BCUT2D eigenvalue weighted by atomic mass is 32.2.